The number of carbonyl (C=O) groups is 1. The molecular weight excluding hydrogens is 367 g/mol. The molecule has 3 rings (SSSR count). The van der Waals surface area contributed by atoms with Crippen LogP contribution in [0.2, 0.25) is 4.34 Å². The fraction of sp³-hybridized carbons (Fsp3) is 0.389. The summed E-state index contributed by atoms with van der Waals surface area (Å²) in [6, 6.07) is 6.28. The maximum Gasteiger partial charge on any atom is 0.306 e. The Kier molecular flexibility index (Phi) is 5.61. The molecule has 2 aromatic rings. The number of aliphatic carboxylic acids is 1. The Balaban J connectivity index is 1.77. The van der Waals surface area contributed by atoms with Crippen LogP contribution in [0.4, 0.5) is 4.39 Å². The first-order valence-electron chi connectivity index (χ1n) is 8.06. The molecule has 0 unspecified atom stereocenters. The highest BCUT2D eigenvalue weighted by Crippen LogP contribution is 2.37. The molecule has 0 saturated heterocycles. The monoisotopic (exact) mass is 384 g/mol. The molecule has 1 heterocycles. The van der Waals surface area contributed by atoms with Crippen molar-refractivity contribution < 1.29 is 24.1 Å². The average Bonchev–Trinajstić information content (AvgIpc) is 2.98. The van der Waals surface area contributed by atoms with E-state index < -0.39 is 17.7 Å². The lowest BCUT2D eigenvalue weighted by Crippen LogP contribution is -2.29. The van der Waals surface area contributed by atoms with Gasteiger partial charge in [0.1, 0.15) is 0 Å². The number of carboxylic acids is 1. The van der Waals surface area contributed by atoms with Gasteiger partial charge in [-0.05, 0) is 61.1 Å². The minimum atomic E-state index is -0.824. The molecule has 0 aliphatic heterocycles. The SMILES string of the molecule is O=C(O)[C@H]1CCC[C@H](Oc2ccc(-c3sc(Cl)cc3CO)cc2F)C1. The van der Waals surface area contributed by atoms with E-state index in [4.69, 9.17) is 21.4 Å². The molecule has 0 amide bonds. The summed E-state index contributed by atoms with van der Waals surface area (Å²) >= 11 is 7.25. The van der Waals surface area contributed by atoms with Crippen molar-refractivity contribution in [3.8, 4) is 16.2 Å². The largest absolute Gasteiger partial charge is 0.487 e. The van der Waals surface area contributed by atoms with Gasteiger partial charge in [0.25, 0.3) is 0 Å². The second kappa shape index (κ2) is 7.72. The minimum Gasteiger partial charge on any atom is -0.487 e. The Morgan fingerprint density at radius 1 is 1.36 bits per heavy atom. The van der Waals surface area contributed by atoms with Gasteiger partial charge in [0, 0.05) is 4.88 Å². The maximum atomic E-state index is 14.5. The number of hydrogen-bond acceptors (Lipinski definition) is 4. The third-order valence-corrected chi connectivity index (χ3v) is 5.77. The summed E-state index contributed by atoms with van der Waals surface area (Å²) in [4.78, 5) is 11.8. The average molecular weight is 385 g/mol. The van der Waals surface area contributed by atoms with Crippen LogP contribution in [0, 0.1) is 11.7 Å². The fourth-order valence-electron chi connectivity index (χ4n) is 3.15. The Morgan fingerprint density at radius 2 is 2.16 bits per heavy atom. The standard InChI is InChI=1S/C18H18ClFO4S/c19-16-8-12(9-21)17(25-16)10-4-5-15(14(20)7-10)24-13-3-1-2-11(6-13)18(22)23/h4-5,7-8,11,13,21H,1-3,6,9H2,(H,22,23)/t11-,13-/m0/s1. The number of benzene rings is 1. The van der Waals surface area contributed by atoms with Crippen LogP contribution < -0.4 is 4.74 Å². The van der Waals surface area contributed by atoms with Crippen LogP contribution in [0.1, 0.15) is 31.2 Å². The first kappa shape index (κ1) is 18.2. The molecule has 2 N–H and O–H groups in total. The van der Waals surface area contributed by atoms with Crippen molar-refractivity contribution in [3.63, 3.8) is 0 Å². The Morgan fingerprint density at radius 3 is 2.84 bits per heavy atom. The summed E-state index contributed by atoms with van der Waals surface area (Å²) in [5, 5.41) is 18.5. The quantitative estimate of drug-likeness (QED) is 0.782. The van der Waals surface area contributed by atoms with Crippen LogP contribution in [-0.2, 0) is 11.4 Å². The summed E-state index contributed by atoms with van der Waals surface area (Å²) in [7, 11) is 0. The molecular formula is C18H18ClFO4S. The van der Waals surface area contributed by atoms with E-state index in [2.05, 4.69) is 0 Å². The second-order valence-corrected chi connectivity index (χ2v) is 7.83. The molecule has 2 atom stereocenters. The zero-order valence-corrected chi connectivity index (χ0v) is 14.9. The van der Waals surface area contributed by atoms with Gasteiger partial charge < -0.3 is 14.9 Å². The van der Waals surface area contributed by atoms with Crippen molar-refractivity contribution >= 4 is 28.9 Å². The molecule has 1 saturated carbocycles. The van der Waals surface area contributed by atoms with Crippen LogP contribution in [0.3, 0.4) is 0 Å². The van der Waals surface area contributed by atoms with Gasteiger partial charge >= 0.3 is 5.97 Å². The maximum absolute atomic E-state index is 14.5. The fourth-order valence-corrected chi connectivity index (χ4v) is 4.41. The molecule has 7 heteroatoms. The number of thiophene rings is 1. The van der Waals surface area contributed by atoms with Crippen molar-refractivity contribution in [2.75, 3.05) is 0 Å². The third kappa shape index (κ3) is 4.14. The lowest BCUT2D eigenvalue weighted by atomic mass is 9.87. The zero-order valence-electron chi connectivity index (χ0n) is 13.4. The highest BCUT2D eigenvalue weighted by Gasteiger charge is 2.28. The third-order valence-electron chi connectivity index (χ3n) is 4.41. The number of ether oxygens (including phenoxy) is 1. The van der Waals surface area contributed by atoms with Crippen molar-refractivity contribution in [2.45, 2.75) is 38.4 Å². The number of rotatable bonds is 5. The highest BCUT2D eigenvalue weighted by molar-refractivity contribution is 7.19. The van der Waals surface area contributed by atoms with E-state index in [1.807, 2.05) is 0 Å². The molecule has 0 spiro atoms. The highest BCUT2D eigenvalue weighted by atomic mass is 35.5. The predicted octanol–water partition coefficient (Wildman–Crippen LogP) is 4.72. The van der Waals surface area contributed by atoms with E-state index in [-0.39, 0.29) is 18.5 Å². The van der Waals surface area contributed by atoms with Gasteiger partial charge in [-0.25, -0.2) is 4.39 Å². The molecule has 25 heavy (non-hydrogen) atoms. The predicted molar refractivity (Wildman–Crippen MR) is 94.7 cm³/mol. The van der Waals surface area contributed by atoms with E-state index in [9.17, 15) is 14.3 Å². The lowest BCUT2D eigenvalue weighted by molar-refractivity contribution is -0.143. The summed E-state index contributed by atoms with van der Waals surface area (Å²) in [5.74, 6) is -1.65. The molecule has 1 fully saturated rings. The zero-order chi connectivity index (χ0) is 18.0. The van der Waals surface area contributed by atoms with Gasteiger partial charge in [-0.15, -0.1) is 11.3 Å². The van der Waals surface area contributed by atoms with E-state index in [1.54, 1.807) is 18.2 Å². The summed E-state index contributed by atoms with van der Waals surface area (Å²) in [6.45, 7) is -0.170. The van der Waals surface area contributed by atoms with Crippen molar-refractivity contribution in [1.29, 1.82) is 0 Å². The number of hydrogen-bond donors (Lipinski definition) is 2. The number of aliphatic hydroxyl groups is 1. The molecule has 1 aliphatic rings. The number of carboxylic acid groups (broad SMARTS) is 1. The van der Waals surface area contributed by atoms with Gasteiger partial charge in [-0.2, -0.15) is 0 Å². The van der Waals surface area contributed by atoms with E-state index in [0.717, 1.165) is 17.7 Å². The van der Waals surface area contributed by atoms with Gasteiger partial charge in [0.15, 0.2) is 11.6 Å². The van der Waals surface area contributed by atoms with Crippen molar-refractivity contribution in [2.24, 2.45) is 5.92 Å². The first-order chi connectivity index (χ1) is 12.0. The summed E-state index contributed by atoms with van der Waals surface area (Å²) < 4.78 is 20.7. The molecule has 4 nitrogen and oxygen atoms in total. The van der Waals surface area contributed by atoms with Gasteiger partial charge in [-0.1, -0.05) is 11.6 Å². The normalized spacial score (nSPS) is 20.4. The topological polar surface area (TPSA) is 66.8 Å². The Labute approximate surface area is 153 Å². The van der Waals surface area contributed by atoms with Crippen LogP contribution in [-0.4, -0.2) is 22.3 Å². The number of halogens is 2. The van der Waals surface area contributed by atoms with E-state index >= 15 is 0 Å². The summed E-state index contributed by atoms with van der Waals surface area (Å²) in [6.07, 6.45) is 2.22. The molecule has 134 valence electrons. The summed E-state index contributed by atoms with van der Waals surface area (Å²) in [5.41, 5.74) is 1.28. The Hall–Kier alpha value is -1.63. The molecule has 1 aromatic carbocycles. The van der Waals surface area contributed by atoms with Crippen molar-refractivity contribution in [1.82, 2.24) is 0 Å². The minimum absolute atomic E-state index is 0.119. The van der Waals surface area contributed by atoms with Crippen LogP contribution in [0.25, 0.3) is 10.4 Å². The van der Waals surface area contributed by atoms with Gasteiger partial charge in [0.05, 0.1) is 23.0 Å². The van der Waals surface area contributed by atoms with E-state index in [1.165, 1.54) is 17.4 Å². The lowest BCUT2D eigenvalue weighted by Gasteiger charge is -2.27. The van der Waals surface area contributed by atoms with E-state index in [0.29, 0.717) is 28.3 Å². The smallest absolute Gasteiger partial charge is 0.306 e. The van der Waals surface area contributed by atoms with Gasteiger partial charge in [-0.3, -0.25) is 4.79 Å². The number of aliphatic hydroxyl groups excluding tert-OH is 1. The first-order valence-corrected chi connectivity index (χ1v) is 9.26. The van der Waals surface area contributed by atoms with Crippen LogP contribution in [0.5, 0.6) is 5.75 Å². The molecule has 0 radical (unpaired) electrons. The van der Waals surface area contributed by atoms with Crippen LogP contribution >= 0.6 is 22.9 Å². The van der Waals surface area contributed by atoms with Crippen LogP contribution in [0.15, 0.2) is 24.3 Å². The van der Waals surface area contributed by atoms with Gasteiger partial charge in [0.2, 0.25) is 0 Å². The molecule has 1 aliphatic carbocycles. The molecule has 0 bridgehead atoms. The second-order valence-electron chi connectivity index (χ2n) is 6.15. The van der Waals surface area contributed by atoms with Crippen molar-refractivity contribution in [3.05, 3.63) is 40.0 Å². The molecule has 1 aromatic heterocycles. The Bertz CT molecular complexity index is 776.